The van der Waals surface area contributed by atoms with Crippen molar-refractivity contribution in [3.8, 4) is 5.75 Å². The number of aromatic hydroxyl groups is 1. The van der Waals surface area contributed by atoms with Crippen molar-refractivity contribution in [2.45, 2.75) is 90.1 Å². The molecular formula is C33H44N4O7. The minimum absolute atomic E-state index is 0.0949. The molecule has 11 heteroatoms. The van der Waals surface area contributed by atoms with Gasteiger partial charge in [0.25, 0.3) is 0 Å². The molecule has 2 heterocycles. The number of Topliss-reactive ketones (excluding diaryl/α,β-unsaturated/α-hetero) is 1. The first-order chi connectivity index (χ1) is 20.9. The zero-order valence-electron chi connectivity index (χ0n) is 25.8. The summed E-state index contributed by atoms with van der Waals surface area (Å²) in [7, 11) is 0. The first-order valence-electron chi connectivity index (χ1n) is 15.2. The molecule has 0 aromatic heterocycles. The Morgan fingerprint density at radius 1 is 1.07 bits per heavy atom. The van der Waals surface area contributed by atoms with Gasteiger partial charge in [-0.2, -0.15) is 0 Å². The summed E-state index contributed by atoms with van der Waals surface area (Å²) < 4.78 is 11.5. The van der Waals surface area contributed by atoms with E-state index in [1.54, 1.807) is 12.1 Å². The number of nitrogens with one attached hydrogen (secondary N) is 4. The van der Waals surface area contributed by atoms with Crippen molar-refractivity contribution in [1.29, 1.82) is 0 Å². The van der Waals surface area contributed by atoms with Crippen molar-refractivity contribution in [2.75, 3.05) is 6.54 Å². The lowest BCUT2D eigenvalue weighted by molar-refractivity contribution is -0.168. The molecule has 4 rings (SSSR count). The predicted octanol–water partition coefficient (Wildman–Crippen LogP) is 2.31. The van der Waals surface area contributed by atoms with Crippen LogP contribution in [0.5, 0.6) is 5.75 Å². The fraction of sp³-hybridized carbons (Fsp3) is 0.515. The Kier molecular flexibility index (Phi) is 11.1. The third kappa shape index (κ3) is 8.64. The Bertz CT molecular complexity index is 1300. The second-order valence-electron chi connectivity index (χ2n) is 12.2. The van der Waals surface area contributed by atoms with Crippen LogP contribution in [0, 0.1) is 11.8 Å². The fourth-order valence-electron chi connectivity index (χ4n) is 5.95. The number of ether oxygens (including phenoxy) is 2. The van der Waals surface area contributed by atoms with E-state index in [4.69, 9.17) is 9.47 Å². The lowest BCUT2D eigenvalue weighted by Crippen LogP contribution is -2.69. The highest BCUT2D eigenvalue weighted by molar-refractivity contribution is 5.94. The maximum absolute atomic E-state index is 14.2. The van der Waals surface area contributed by atoms with Crippen LogP contribution >= 0.6 is 0 Å². The Morgan fingerprint density at radius 3 is 2.43 bits per heavy atom. The molecule has 2 aliphatic heterocycles. The number of ketones is 1. The van der Waals surface area contributed by atoms with E-state index in [0.29, 0.717) is 13.0 Å². The third-order valence-electron chi connectivity index (χ3n) is 8.25. The van der Waals surface area contributed by atoms with Crippen LogP contribution in [-0.2, 0) is 41.7 Å². The van der Waals surface area contributed by atoms with Gasteiger partial charge in [-0.05, 0) is 55.5 Å². The number of benzene rings is 2. The summed E-state index contributed by atoms with van der Waals surface area (Å²) in [6.45, 7) is 7.91. The van der Waals surface area contributed by atoms with Crippen LogP contribution in [0.25, 0.3) is 0 Å². The minimum Gasteiger partial charge on any atom is -0.508 e. The number of hydrogen-bond acceptors (Lipinski definition) is 9. The van der Waals surface area contributed by atoms with Gasteiger partial charge < -0.3 is 25.2 Å². The quantitative estimate of drug-likeness (QED) is 0.216. The van der Waals surface area contributed by atoms with E-state index in [2.05, 4.69) is 21.3 Å². The molecular weight excluding hydrogens is 564 g/mol. The smallest absolute Gasteiger partial charge is 0.309 e. The Morgan fingerprint density at radius 2 is 1.77 bits per heavy atom. The van der Waals surface area contributed by atoms with E-state index >= 15 is 0 Å². The number of amides is 2. The standard InChI is InChI=1S/C33H44N4O7/c1-20(2)29(36-31(42)26(35-21(3)38)17-22-12-14-24(39)15-13-22)30(41)25-11-8-16-34-33(25,4)37-27-18-28(40)44-32(27)43-19-23-9-6-5-7-10-23/h5-7,9-10,12-15,20,25-27,29,32,34,37,39H,8,11,16-19H2,1-4H3,(H,35,38)(H,36,42)/t25?,26-,27?,29-,32?,33?/m0/s1. The van der Waals surface area contributed by atoms with E-state index in [-0.39, 0.29) is 48.8 Å². The molecule has 0 spiro atoms. The first kappa shape index (κ1) is 33.1. The van der Waals surface area contributed by atoms with E-state index in [1.807, 2.05) is 51.1 Å². The summed E-state index contributed by atoms with van der Waals surface area (Å²) in [6, 6.07) is 13.8. The predicted molar refractivity (Wildman–Crippen MR) is 163 cm³/mol. The van der Waals surface area contributed by atoms with Gasteiger partial charge in [-0.1, -0.05) is 56.3 Å². The summed E-state index contributed by atoms with van der Waals surface area (Å²) in [6.07, 6.45) is 0.800. The zero-order chi connectivity index (χ0) is 31.9. The average molecular weight is 609 g/mol. The highest BCUT2D eigenvalue weighted by atomic mass is 16.7. The van der Waals surface area contributed by atoms with Gasteiger partial charge in [0.05, 0.1) is 36.7 Å². The summed E-state index contributed by atoms with van der Waals surface area (Å²) in [5.41, 5.74) is 0.793. The fourth-order valence-corrected chi connectivity index (χ4v) is 5.95. The van der Waals surface area contributed by atoms with E-state index < -0.39 is 41.9 Å². The molecule has 2 aromatic rings. The van der Waals surface area contributed by atoms with Crippen LogP contribution in [-0.4, -0.2) is 65.3 Å². The molecule has 11 nitrogen and oxygen atoms in total. The third-order valence-corrected chi connectivity index (χ3v) is 8.25. The summed E-state index contributed by atoms with van der Waals surface area (Å²) in [5.74, 6) is -2.04. The summed E-state index contributed by atoms with van der Waals surface area (Å²) in [5, 5.41) is 22.2. The largest absolute Gasteiger partial charge is 0.508 e. The van der Waals surface area contributed by atoms with Crippen LogP contribution in [0.1, 0.15) is 58.1 Å². The van der Waals surface area contributed by atoms with Crippen molar-refractivity contribution in [1.82, 2.24) is 21.3 Å². The number of esters is 1. The van der Waals surface area contributed by atoms with Crippen molar-refractivity contribution in [3.63, 3.8) is 0 Å². The Labute approximate surface area is 258 Å². The van der Waals surface area contributed by atoms with Crippen molar-refractivity contribution in [3.05, 3.63) is 65.7 Å². The van der Waals surface area contributed by atoms with Crippen LogP contribution in [0.3, 0.4) is 0 Å². The van der Waals surface area contributed by atoms with Crippen molar-refractivity contribution in [2.24, 2.45) is 11.8 Å². The van der Waals surface area contributed by atoms with Gasteiger partial charge in [0.15, 0.2) is 5.78 Å². The number of phenolic OH excluding ortho intramolecular Hbond substituents is 1. The topological polar surface area (TPSA) is 155 Å². The van der Waals surface area contributed by atoms with E-state index in [0.717, 1.165) is 17.5 Å². The number of phenols is 1. The number of carbonyl (C=O) groups is 4. The van der Waals surface area contributed by atoms with Gasteiger partial charge in [0.1, 0.15) is 11.8 Å². The zero-order valence-corrected chi connectivity index (χ0v) is 25.8. The molecule has 2 saturated heterocycles. The van der Waals surface area contributed by atoms with Gasteiger partial charge in [0.2, 0.25) is 18.1 Å². The molecule has 238 valence electrons. The molecule has 0 saturated carbocycles. The maximum atomic E-state index is 14.2. The molecule has 5 N–H and O–H groups in total. The van der Waals surface area contributed by atoms with Gasteiger partial charge in [-0.3, -0.25) is 29.8 Å². The van der Waals surface area contributed by atoms with Crippen LogP contribution in [0.4, 0.5) is 0 Å². The van der Waals surface area contributed by atoms with Gasteiger partial charge >= 0.3 is 5.97 Å². The normalized spacial score (nSPS) is 24.8. The van der Waals surface area contributed by atoms with Gasteiger partial charge in [0, 0.05) is 13.3 Å². The van der Waals surface area contributed by atoms with Crippen LogP contribution in [0.2, 0.25) is 0 Å². The monoisotopic (exact) mass is 608 g/mol. The molecule has 2 aromatic carbocycles. The number of piperidine rings is 1. The van der Waals surface area contributed by atoms with Gasteiger partial charge in [-0.25, -0.2) is 0 Å². The number of cyclic esters (lactones) is 1. The Balaban J connectivity index is 1.48. The minimum atomic E-state index is -0.913. The molecule has 44 heavy (non-hydrogen) atoms. The lowest BCUT2D eigenvalue weighted by Gasteiger charge is -2.45. The molecule has 6 atom stereocenters. The maximum Gasteiger partial charge on any atom is 0.309 e. The summed E-state index contributed by atoms with van der Waals surface area (Å²) in [4.78, 5) is 52.0. The molecule has 2 aliphatic rings. The number of carbonyl (C=O) groups excluding carboxylic acids is 4. The first-order valence-corrected chi connectivity index (χ1v) is 15.2. The average Bonchev–Trinajstić information content (AvgIpc) is 3.33. The van der Waals surface area contributed by atoms with E-state index in [9.17, 15) is 24.3 Å². The van der Waals surface area contributed by atoms with Crippen LogP contribution < -0.4 is 21.3 Å². The molecule has 0 radical (unpaired) electrons. The van der Waals surface area contributed by atoms with E-state index in [1.165, 1.54) is 19.1 Å². The molecule has 2 amide bonds. The molecule has 0 bridgehead atoms. The number of hydrogen-bond donors (Lipinski definition) is 5. The number of rotatable bonds is 13. The molecule has 2 fully saturated rings. The highest BCUT2D eigenvalue weighted by Gasteiger charge is 2.48. The SMILES string of the molecule is CC(=O)N[C@@H](Cc1ccc(O)cc1)C(=O)N[C@H](C(=O)C1CCCNC1(C)NC1CC(=O)OC1OCc1ccccc1)C(C)C. The summed E-state index contributed by atoms with van der Waals surface area (Å²) >= 11 is 0. The van der Waals surface area contributed by atoms with Crippen molar-refractivity contribution >= 4 is 23.6 Å². The van der Waals surface area contributed by atoms with Gasteiger partial charge in [-0.15, -0.1) is 0 Å². The second-order valence-corrected chi connectivity index (χ2v) is 12.2. The van der Waals surface area contributed by atoms with Crippen LogP contribution in [0.15, 0.2) is 54.6 Å². The Hall–Kier alpha value is -3.80. The van der Waals surface area contributed by atoms with Crippen molar-refractivity contribution < 1.29 is 33.8 Å². The highest BCUT2D eigenvalue weighted by Crippen LogP contribution is 2.31. The molecule has 4 unspecified atom stereocenters. The second kappa shape index (κ2) is 14.8. The lowest BCUT2D eigenvalue weighted by atomic mass is 9.77. The molecule has 0 aliphatic carbocycles.